The summed E-state index contributed by atoms with van der Waals surface area (Å²) >= 11 is 0. The van der Waals surface area contributed by atoms with Crippen LogP contribution < -0.4 is 0 Å². The van der Waals surface area contributed by atoms with Crippen molar-refractivity contribution in [3.8, 4) is 0 Å². The van der Waals surface area contributed by atoms with E-state index in [9.17, 15) is 0 Å². The highest BCUT2D eigenvalue weighted by Gasteiger charge is 2.17. The van der Waals surface area contributed by atoms with Crippen molar-refractivity contribution in [3.05, 3.63) is 0 Å². The summed E-state index contributed by atoms with van der Waals surface area (Å²) in [5.74, 6) is 0.867. The quantitative estimate of drug-likeness (QED) is 0.610. The van der Waals surface area contributed by atoms with Gasteiger partial charge >= 0.3 is 0 Å². The van der Waals surface area contributed by atoms with Crippen LogP contribution in [0.15, 0.2) is 0 Å². The number of hydrogen-bond donors (Lipinski definition) is 0. The Hall–Kier alpha value is -0.0400. The summed E-state index contributed by atoms with van der Waals surface area (Å²) in [7, 11) is 0. The Morgan fingerprint density at radius 3 is 2.73 bits per heavy atom. The molecule has 66 valence electrons. The zero-order valence-corrected chi connectivity index (χ0v) is 7.81. The van der Waals surface area contributed by atoms with Gasteiger partial charge in [-0.2, -0.15) is 0 Å². The lowest BCUT2D eigenvalue weighted by Gasteiger charge is -2.26. The van der Waals surface area contributed by atoms with Crippen LogP contribution in [0, 0.1) is 5.92 Å². The third-order valence-electron chi connectivity index (χ3n) is 2.56. The number of hydrogen-bond acceptors (Lipinski definition) is 1. The van der Waals surface area contributed by atoms with E-state index in [1.165, 1.54) is 32.1 Å². The molecule has 0 spiro atoms. The Morgan fingerprint density at radius 1 is 1.36 bits per heavy atom. The van der Waals surface area contributed by atoms with Crippen LogP contribution in [-0.2, 0) is 4.74 Å². The lowest BCUT2D eigenvalue weighted by atomic mass is 9.94. The third kappa shape index (κ3) is 3.24. The van der Waals surface area contributed by atoms with Gasteiger partial charge in [0.1, 0.15) is 0 Å². The molecule has 1 rings (SSSR count). The average Bonchev–Trinajstić information content (AvgIpc) is 2.04. The van der Waals surface area contributed by atoms with Crippen LogP contribution >= 0.6 is 0 Å². The predicted molar refractivity (Wildman–Crippen MR) is 47.7 cm³/mol. The minimum absolute atomic E-state index is 0.521. The highest BCUT2D eigenvalue weighted by atomic mass is 16.5. The van der Waals surface area contributed by atoms with Crippen molar-refractivity contribution in [1.82, 2.24) is 0 Å². The van der Waals surface area contributed by atoms with Crippen molar-refractivity contribution in [2.45, 2.75) is 52.1 Å². The molecule has 0 saturated carbocycles. The maximum absolute atomic E-state index is 5.59. The van der Waals surface area contributed by atoms with Gasteiger partial charge in [-0.15, -0.1) is 0 Å². The Morgan fingerprint density at radius 2 is 2.18 bits per heavy atom. The number of ether oxygens (including phenoxy) is 1. The van der Waals surface area contributed by atoms with Crippen LogP contribution in [0.25, 0.3) is 0 Å². The fourth-order valence-corrected chi connectivity index (χ4v) is 1.66. The van der Waals surface area contributed by atoms with Crippen LogP contribution in [-0.4, -0.2) is 12.7 Å². The van der Waals surface area contributed by atoms with E-state index in [0.717, 1.165) is 12.5 Å². The molecular weight excluding hydrogens is 136 g/mol. The molecular formula is C10H20O. The maximum Gasteiger partial charge on any atom is 0.0547 e. The summed E-state index contributed by atoms with van der Waals surface area (Å²) in [5, 5.41) is 0. The molecule has 0 aromatic heterocycles. The third-order valence-corrected chi connectivity index (χ3v) is 2.56. The molecule has 1 saturated heterocycles. The fourth-order valence-electron chi connectivity index (χ4n) is 1.66. The molecule has 0 aromatic carbocycles. The van der Waals surface area contributed by atoms with E-state index in [-0.39, 0.29) is 0 Å². The molecule has 1 nitrogen and oxygen atoms in total. The van der Waals surface area contributed by atoms with Gasteiger partial charge in [0.15, 0.2) is 0 Å². The normalized spacial score (nSPS) is 32.2. The Kier molecular flexibility index (Phi) is 3.92. The van der Waals surface area contributed by atoms with Crippen molar-refractivity contribution >= 4 is 0 Å². The molecule has 0 aliphatic carbocycles. The molecule has 1 heteroatoms. The molecule has 1 heterocycles. The summed E-state index contributed by atoms with van der Waals surface area (Å²) in [4.78, 5) is 0. The Bertz CT molecular complexity index is 90.3. The SMILES string of the molecule is CCCCC1CCC(C)OC1. The highest BCUT2D eigenvalue weighted by Crippen LogP contribution is 2.22. The van der Waals surface area contributed by atoms with E-state index in [1.54, 1.807) is 0 Å². The summed E-state index contributed by atoms with van der Waals surface area (Å²) in [6, 6.07) is 0. The van der Waals surface area contributed by atoms with Gasteiger partial charge in [-0.25, -0.2) is 0 Å². The smallest absolute Gasteiger partial charge is 0.0547 e. The lowest BCUT2D eigenvalue weighted by molar-refractivity contribution is -0.00756. The first-order valence-corrected chi connectivity index (χ1v) is 4.94. The van der Waals surface area contributed by atoms with Gasteiger partial charge in [-0.05, 0) is 32.1 Å². The van der Waals surface area contributed by atoms with Crippen LogP contribution in [0.5, 0.6) is 0 Å². The van der Waals surface area contributed by atoms with Crippen LogP contribution in [0.1, 0.15) is 46.0 Å². The zero-order valence-electron chi connectivity index (χ0n) is 7.81. The van der Waals surface area contributed by atoms with Gasteiger partial charge in [0, 0.05) is 6.61 Å². The van der Waals surface area contributed by atoms with Crippen LogP contribution in [0.2, 0.25) is 0 Å². The largest absolute Gasteiger partial charge is 0.378 e. The van der Waals surface area contributed by atoms with E-state index in [2.05, 4.69) is 13.8 Å². The first kappa shape index (κ1) is 9.05. The highest BCUT2D eigenvalue weighted by molar-refractivity contribution is 4.67. The minimum Gasteiger partial charge on any atom is -0.378 e. The van der Waals surface area contributed by atoms with Crippen molar-refractivity contribution in [3.63, 3.8) is 0 Å². The summed E-state index contributed by atoms with van der Waals surface area (Å²) in [5.41, 5.74) is 0. The second-order valence-corrected chi connectivity index (χ2v) is 3.73. The Balaban J connectivity index is 2.07. The topological polar surface area (TPSA) is 9.23 Å². The molecule has 1 aliphatic heterocycles. The van der Waals surface area contributed by atoms with Gasteiger partial charge in [0.05, 0.1) is 6.10 Å². The summed E-state index contributed by atoms with van der Waals surface area (Å²) in [6.45, 7) is 5.45. The van der Waals surface area contributed by atoms with Crippen molar-refractivity contribution in [1.29, 1.82) is 0 Å². The molecule has 0 aromatic rings. The van der Waals surface area contributed by atoms with E-state index in [1.807, 2.05) is 0 Å². The van der Waals surface area contributed by atoms with Gasteiger partial charge < -0.3 is 4.74 Å². The Labute approximate surface area is 70.1 Å². The van der Waals surface area contributed by atoms with E-state index < -0.39 is 0 Å². The van der Waals surface area contributed by atoms with Gasteiger partial charge in [-0.3, -0.25) is 0 Å². The van der Waals surface area contributed by atoms with Crippen molar-refractivity contribution in [2.24, 2.45) is 5.92 Å². The van der Waals surface area contributed by atoms with Crippen LogP contribution in [0.4, 0.5) is 0 Å². The molecule has 1 aliphatic rings. The van der Waals surface area contributed by atoms with E-state index in [0.29, 0.717) is 6.10 Å². The zero-order chi connectivity index (χ0) is 8.10. The van der Waals surface area contributed by atoms with Gasteiger partial charge in [0.2, 0.25) is 0 Å². The summed E-state index contributed by atoms with van der Waals surface area (Å²) < 4.78 is 5.59. The molecule has 0 N–H and O–H groups in total. The average molecular weight is 156 g/mol. The first-order valence-electron chi connectivity index (χ1n) is 4.94. The molecule has 0 radical (unpaired) electrons. The molecule has 1 fully saturated rings. The number of rotatable bonds is 3. The van der Waals surface area contributed by atoms with Crippen molar-refractivity contribution < 1.29 is 4.74 Å². The molecule has 0 amide bonds. The standard InChI is InChI=1S/C10H20O/c1-3-4-5-10-7-6-9(2)11-8-10/h9-10H,3-8H2,1-2H3. The van der Waals surface area contributed by atoms with E-state index >= 15 is 0 Å². The van der Waals surface area contributed by atoms with E-state index in [4.69, 9.17) is 4.74 Å². The van der Waals surface area contributed by atoms with Gasteiger partial charge in [-0.1, -0.05) is 19.8 Å². The molecule has 11 heavy (non-hydrogen) atoms. The first-order chi connectivity index (χ1) is 5.33. The van der Waals surface area contributed by atoms with Crippen molar-refractivity contribution in [2.75, 3.05) is 6.61 Å². The molecule has 2 atom stereocenters. The minimum atomic E-state index is 0.521. The van der Waals surface area contributed by atoms with Gasteiger partial charge in [0.25, 0.3) is 0 Å². The monoisotopic (exact) mass is 156 g/mol. The lowest BCUT2D eigenvalue weighted by Crippen LogP contribution is -2.23. The summed E-state index contributed by atoms with van der Waals surface area (Å²) in [6.07, 6.45) is 7.26. The second kappa shape index (κ2) is 4.76. The second-order valence-electron chi connectivity index (χ2n) is 3.73. The fraction of sp³-hybridized carbons (Fsp3) is 1.00. The molecule has 0 bridgehead atoms. The maximum atomic E-state index is 5.59. The number of unbranched alkanes of at least 4 members (excludes halogenated alkanes) is 1. The molecule has 2 unspecified atom stereocenters. The van der Waals surface area contributed by atoms with Crippen LogP contribution in [0.3, 0.4) is 0 Å². The predicted octanol–water partition coefficient (Wildman–Crippen LogP) is 2.99.